The van der Waals surface area contributed by atoms with Crippen LogP contribution in [-0.2, 0) is 6.67 Å². The highest BCUT2D eigenvalue weighted by atomic mass is 15.2. The van der Waals surface area contributed by atoms with Gasteiger partial charge in [-0.15, -0.1) is 0 Å². The molecule has 0 amide bonds. The molecule has 3 aliphatic rings. The van der Waals surface area contributed by atoms with Crippen molar-refractivity contribution in [2.45, 2.75) is 12.2 Å². The molecule has 0 saturated carbocycles. The summed E-state index contributed by atoms with van der Waals surface area (Å²) in [5, 5.41) is 9.21. The molecule has 11 rings (SSSR count). The first-order valence-corrected chi connectivity index (χ1v) is 16.4. The molecule has 1 unspecified atom stereocenters. The predicted molar refractivity (Wildman–Crippen MR) is 196 cm³/mol. The van der Waals surface area contributed by atoms with Gasteiger partial charge >= 0.3 is 0 Å². The van der Waals surface area contributed by atoms with Crippen LogP contribution in [0.4, 0.5) is 0 Å². The first kappa shape index (κ1) is 25.3. The fourth-order valence-electron chi connectivity index (χ4n) is 8.65. The van der Waals surface area contributed by atoms with Gasteiger partial charge < -0.3 is 9.13 Å². The molecule has 47 heavy (non-hydrogen) atoms. The van der Waals surface area contributed by atoms with Crippen LogP contribution in [0, 0.1) is 0 Å². The van der Waals surface area contributed by atoms with E-state index in [2.05, 4.69) is 172 Å². The maximum absolute atomic E-state index is 4.06. The van der Waals surface area contributed by atoms with Gasteiger partial charge in [-0.05, 0) is 52.1 Å². The molecule has 0 bridgehead atoms. The molecular formula is C44H29N3. The number of nitrogens with zero attached hydrogens (tertiary/aromatic N) is 2. The fourth-order valence-corrected chi connectivity index (χ4v) is 8.65. The molecule has 0 radical (unpaired) electrons. The number of nitrogens with one attached hydrogen (secondary N) is 1. The van der Waals surface area contributed by atoms with Crippen molar-refractivity contribution in [3.05, 3.63) is 169 Å². The normalized spacial score (nSPS) is 17.4. The van der Waals surface area contributed by atoms with E-state index >= 15 is 0 Å². The molecule has 2 aliphatic carbocycles. The van der Waals surface area contributed by atoms with Crippen LogP contribution in [0.1, 0.15) is 5.56 Å². The van der Waals surface area contributed by atoms with Gasteiger partial charge in [-0.2, -0.15) is 0 Å². The molecule has 3 heterocycles. The lowest BCUT2D eigenvalue weighted by Crippen LogP contribution is -2.36. The minimum atomic E-state index is -0.262. The molecule has 220 valence electrons. The van der Waals surface area contributed by atoms with Crippen LogP contribution in [0.3, 0.4) is 0 Å². The SMILES string of the molecule is C1=CC2=C(c3ccccc3)C2(NCn2c3ccccc3c3cc4c5c(c6ccccc6n5-c5ccccc5-c5ccccc5-4)c32)C=C1. The molecule has 0 fully saturated rings. The maximum Gasteiger partial charge on any atom is 0.0907 e. The minimum absolute atomic E-state index is 0.262. The van der Waals surface area contributed by atoms with Gasteiger partial charge in [0.15, 0.2) is 0 Å². The zero-order valence-corrected chi connectivity index (χ0v) is 25.6. The van der Waals surface area contributed by atoms with Crippen molar-refractivity contribution in [3.63, 3.8) is 0 Å². The van der Waals surface area contributed by atoms with Crippen LogP contribution < -0.4 is 5.32 Å². The third kappa shape index (κ3) is 3.24. The highest BCUT2D eigenvalue weighted by Gasteiger charge is 2.51. The van der Waals surface area contributed by atoms with Gasteiger partial charge in [0.05, 0.1) is 40.0 Å². The summed E-state index contributed by atoms with van der Waals surface area (Å²) in [6, 6.07) is 49.0. The van der Waals surface area contributed by atoms with Gasteiger partial charge in [-0.3, -0.25) is 5.32 Å². The second kappa shape index (κ2) is 9.10. The van der Waals surface area contributed by atoms with Gasteiger partial charge in [-0.25, -0.2) is 0 Å². The van der Waals surface area contributed by atoms with Crippen LogP contribution in [0.5, 0.6) is 0 Å². The molecule has 6 aromatic carbocycles. The predicted octanol–water partition coefficient (Wildman–Crippen LogP) is 10.4. The van der Waals surface area contributed by atoms with E-state index in [0.29, 0.717) is 6.67 Å². The Morgan fingerprint density at radius 2 is 1.23 bits per heavy atom. The van der Waals surface area contributed by atoms with E-state index in [-0.39, 0.29) is 5.54 Å². The summed E-state index contributed by atoms with van der Waals surface area (Å²) in [6.45, 7) is 0.670. The molecule has 1 atom stereocenters. The van der Waals surface area contributed by atoms with Crippen molar-refractivity contribution < 1.29 is 0 Å². The minimum Gasteiger partial charge on any atom is -0.326 e. The molecule has 1 aliphatic heterocycles. The number of hydrogen-bond donors (Lipinski definition) is 1. The van der Waals surface area contributed by atoms with E-state index in [1.807, 2.05) is 0 Å². The average Bonchev–Trinajstić information content (AvgIpc) is 3.58. The largest absolute Gasteiger partial charge is 0.326 e. The number of aromatic nitrogens is 2. The van der Waals surface area contributed by atoms with Gasteiger partial charge in [0.2, 0.25) is 0 Å². The van der Waals surface area contributed by atoms with Crippen molar-refractivity contribution in [3.8, 4) is 27.9 Å². The Kier molecular flexibility index (Phi) is 4.90. The number of fused-ring (bicyclic) bond motifs is 13. The standard InChI is InChI=1S/C44H29N3/c1-2-14-28(15-3-1)41-36-21-12-13-25-44(36,41)45-27-46-37-22-9-6-19-32(37)35-26-34-30-17-5-4-16-29(30)31-18-7-10-23-38(31)47-39-24-11-8-20-33(39)40(42(35)46)43(34)47/h1-26,45H,27H2. The third-order valence-electron chi connectivity index (χ3n) is 10.6. The van der Waals surface area contributed by atoms with Crippen molar-refractivity contribution in [2.24, 2.45) is 0 Å². The van der Waals surface area contributed by atoms with Gasteiger partial charge in [0.25, 0.3) is 0 Å². The summed E-state index contributed by atoms with van der Waals surface area (Å²) in [5.41, 5.74) is 15.1. The Balaban J connectivity index is 1.22. The lowest BCUT2D eigenvalue weighted by atomic mass is 9.92. The smallest absolute Gasteiger partial charge is 0.0907 e. The number of allylic oxidation sites excluding steroid dienone is 2. The van der Waals surface area contributed by atoms with Crippen LogP contribution in [0.15, 0.2) is 163 Å². The van der Waals surface area contributed by atoms with Crippen molar-refractivity contribution in [2.75, 3.05) is 0 Å². The monoisotopic (exact) mass is 599 g/mol. The summed E-state index contributed by atoms with van der Waals surface area (Å²) in [4.78, 5) is 0. The molecular weight excluding hydrogens is 571 g/mol. The molecule has 0 spiro atoms. The topological polar surface area (TPSA) is 21.9 Å². The zero-order valence-electron chi connectivity index (χ0n) is 25.6. The van der Waals surface area contributed by atoms with Crippen LogP contribution in [-0.4, -0.2) is 14.7 Å². The fraction of sp³-hybridized carbons (Fsp3) is 0.0455. The van der Waals surface area contributed by atoms with Gasteiger partial charge in [0, 0.05) is 32.7 Å². The van der Waals surface area contributed by atoms with Gasteiger partial charge in [-0.1, -0.05) is 133 Å². The Morgan fingerprint density at radius 1 is 0.553 bits per heavy atom. The van der Waals surface area contributed by atoms with Crippen molar-refractivity contribution in [1.82, 2.24) is 14.5 Å². The zero-order chi connectivity index (χ0) is 30.7. The second-order valence-corrected chi connectivity index (χ2v) is 12.9. The maximum atomic E-state index is 4.06. The van der Waals surface area contributed by atoms with Crippen molar-refractivity contribution >= 4 is 49.2 Å². The highest BCUT2D eigenvalue weighted by molar-refractivity contribution is 6.29. The summed E-state index contributed by atoms with van der Waals surface area (Å²) >= 11 is 0. The Bertz CT molecular complexity index is 2730. The van der Waals surface area contributed by atoms with E-state index in [4.69, 9.17) is 0 Å². The van der Waals surface area contributed by atoms with Crippen LogP contribution in [0.2, 0.25) is 0 Å². The lowest BCUT2D eigenvalue weighted by Gasteiger charge is -2.21. The first-order chi connectivity index (χ1) is 23.3. The highest BCUT2D eigenvalue weighted by Crippen LogP contribution is 2.55. The molecule has 1 N–H and O–H groups in total. The number of rotatable bonds is 4. The molecule has 3 heteroatoms. The van der Waals surface area contributed by atoms with Crippen LogP contribution in [0.25, 0.3) is 77.1 Å². The number of benzene rings is 6. The first-order valence-electron chi connectivity index (χ1n) is 16.4. The van der Waals surface area contributed by atoms with E-state index in [1.54, 1.807) is 0 Å². The van der Waals surface area contributed by atoms with Gasteiger partial charge in [0.1, 0.15) is 0 Å². The summed E-state index contributed by atoms with van der Waals surface area (Å²) < 4.78 is 5.05. The molecule has 2 aromatic heterocycles. The molecule has 8 aromatic rings. The van der Waals surface area contributed by atoms with Crippen molar-refractivity contribution in [1.29, 1.82) is 0 Å². The summed E-state index contributed by atoms with van der Waals surface area (Å²) in [7, 11) is 0. The second-order valence-electron chi connectivity index (χ2n) is 12.9. The Labute approximate surface area is 272 Å². The third-order valence-corrected chi connectivity index (χ3v) is 10.6. The Morgan fingerprint density at radius 3 is 2.09 bits per heavy atom. The van der Waals surface area contributed by atoms with E-state index in [0.717, 1.165) is 0 Å². The van der Waals surface area contributed by atoms with E-state index in [1.165, 1.54) is 88.3 Å². The Hall–Kier alpha value is -5.90. The van der Waals surface area contributed by atoms with E-state index in [9.17, 15) is 0 Å². The number of para-hydroxylation sites is 3. The quantitative estimate of drug-likeness (QED) is 0.214. The van der Waals surface area contributed by atoms with Crippen LogP contribution >= 0.6 is 0 Å². The molecule has 0 saturated heterocycles. The van der Waals surface area contributed by atoms with E-state index < -0.39 is 0 Å². The lowest BCUT2D eigenvalue weighted by molar-refractivity contribution is 0.537. The number of hydrogen-bond acceptors (Lipinski definition) is 1. The summed E-state index contributed by atoms with van der Waals surface area (Å²) in [6.07, 6.45) is 8.93. The summed E-state index contributed by atoms with van der Waals surface area (Å²) in [5.74, 6) is 0. The average molecular weight is 600 g/mol. The molecule has 3 nitrogen and oxygen atoms in total.